The molecule has 3 rings (SSSR count). The Labute approximate surface area is 103 Å². The Bertz CT molecular complexity index is 342. The van der Waals surface area contributed by atoms with Crippen LogP contribution in [0.3, 0.4) is 0 Å². The number of morpholine rings is 1. The number of rotatable bonds is 1. The lowest BCUT2D eigenvalue weighted by atomic mass is 9.92. The van der Waals surface area contributed by atoms with E-state index in [9.17, 15) is 4.79 Å². The zero-order chi connectivity index (χ0) is 12.0. The average molecular weight is 235 g/mol. The third-order valence-electron chi connectivity index (χ3n) is 4.33. The molecule has 3 aliphatic rings. The molecular weight excluding hydrogens is 214 g/mol. The number of amides is 1. The molecule has 1 aliphatic heterocycles. The van der Waals surface area contributed by atoms with Crippen LogP contribution in [0, 0.1) is 17.8 Å². The van der Waals surface area contributed by atoms with Crippen molar-refractivity contribution in [3.05, 3.63) is 12.2 Å². The van der Waals surface area contributed by atoms with E-state index in [-0.39, 0.29) is 18.1 Å². The van der Waals surface area contributed by atoms with Crippen molar-refractivity contribution < 1.29 is 9.53 Å². The first-order valence-electron chi connectivity index (χ1n) is 6.76. The number of fused-ring (bicyclic) bond motifs is 2. The molecule has 0 aromatic heterocycles. The minimum atomic E-state index is 0.178. The highest BCUT2D eigenvalue weighted by Gasteiger charge is 2.42. The minimum absolute atomic E-state index is 0.178. The van der Waals surface area contributed by atoms with E-state index >= 15 is 0 Å². The van der Waals surface area contributed by atoms with E-state index in [2.05, 4.69) is 26.0 Å². The summed E-state index contributed by atoms with van der Waals surface area (Å²) in [5, 5.41) is 0. The van der Waals surface area contributed by atoms with Crippen LogP contribution < -0.4 is 0 Å². The highest BCUT2D eigenvalue weighted by molar-refractivity contribution is 5.80. The summed E-state index contributed by atoms with van der Waals surface area (Å²) in [4.78, 5) is 14.5. The second kappa shape index (κ2) is 4.13. The first kappa shape index (κ1) is 11.3. The molecule has 0 N–H and O–H groups in total. The second-order valence-electron chi connectivity index (χ2n) is 5.89. The van der Waals surface area contributed by atoms with Gasteiger partial charge in [-0.05, 0) is 38.5 Å². The maximum atomic E-state index is 12.5. The molecule has 0 aromatic carbocycles. The van der Waals surface area contributed by atoms with Crippen LogP contribution in [0.5, 0.6) is 0 Å². The first-order valence-corrected chi connectivity index (χ1v) is 6.76. The van der Waals surface area contributed by atoms with Gasteiger partial charge in [0, 0.05) is 19.0 Å². The average Bonchev–Trinajstić information content (AvgIpc) is 2.88. The van der Waals surface area contributed by atoms with Crippen LogP contribution in [0.15, 0.2) is 12.2 Å². The van der Waals surface area contributed by atoms with Gasteiger partial charge >= 0.3 is 0 Å². The topological polar surface area (TPSA) is 29.5 Å². The maximum Gasteiger partial charge on any atom is 0.226 e. The van der Waals surface area contributed by atoms with Crippen molar-refractivity contribution in [3.63, 3.8) is 0 Å². The summed E-state index contributed by atoms with van der Waals surface area (Å²) in [6, 6.07) is 0. The molecule has 17 heavy (non-hydrogen) atoms. The van der Waals surface area contributed by atoms with Gasteiger partial charge in [0.2, 0.25) is 5.91 Å². The lowest BCUT2D eigenvalue weighted by Crippen LogP contribution is -2.50. The van der Waals surface area contributed by atoms with E-state index in [0.29, 0.717) is 17.7 Å². The summed E-state index contributed by atoms with van der Waals surface area (Å²) in [6.45, 7) is 5.63. The smallest absolute Gasteiger partial charge is 0.226 e. The summed E-state index contributed by atoms with van der Waals surface area (Å²) in [6.07, 6.45) is 7.17. The number of carbonyl (C=O) groups excluding carboxylic acids is 1. The SMILES string of the molecule is CC1CN(C(=O)C2CC3C=CC2C3)CC(C)O1. The van der Waals surface area contributed by atoms with Crippen LogP contribution in [0.25, 0.3) is 0 Å². The zero-order valence-corrected chi connectivity index (χ0v) is 10.6. The molecule has 1 saturated carbocycles. The van der Waals surface area contributed by atoms with Crippen molar-refractivity contribution in [1.82, 2.24) is 4.90 Å². The van der Waals surface area contributed by atoms with E-state index in [1.165, 1.54) is 6.42 Å². The highest BCUT2D eigenvalue weighted by Crippen LogP contribution is 2.44. The quantitative estimate of drug-likeness (QED) is 0.649. The Morgan fingerprint density at radius 3 is 2.41 bits per heavy atom. The van der Waals surface area contributed by atoms with Crippen LogP contribution in [-0.4, -0.2) is 36.1 Å². The van der Waals surface area contributed by atoms with Gasteiger partial charge in [-0.25, -0.2) is 0 Å². The van der Waals surface area contributed by atoms with Gasteiger partial charge in [0.15, 0.2) is 0 Å². The Morgan fingerprint density at radius 1 is 1.18 bits per heavy atom. The third kappa shape index (κ3) is 2.01. The summed E-state index contributed by atoms with van der Waals surface area (Å²) >= 11 is 0. The van der Waals surface area contributed by atoms with Crippen LogP contribution in [0.4, 0.5) is 0 Å². The first-order chi connectivity index (χ1) is 8.13. The van der Waals surface area contributed by atoms with Crippen LogP contribution >= 0.6 is 0 Å². The van der Waals surface area contributed by atoms with Gasteiger partial charge in [0.1, 0.15) is 0 Å². The number of ether oxygens (including phenoxy) is 1. The number of nitrogens with zero attached hydrogens (tertiary/aromatic N) is 1. The summed E-state index contributed by atoms with van der Waals surface area (Å²) in [5.74, 6) is 1.80. The van der Waals surface area contributed by atoms with Gasteiger partial charge in [-0.2, -0.15) is 0 Å². The van der Waals surface area contributed by atoms with Crippen molar-refractivity contribution in [3.8, 4) is 0 Å². The van der Waals surface area contributed by atoms with Crippen LogP contribution in [-0.2, 0) is 9.53 Å². The molecule has 0 aromatic rings. The Hall–Kier alpha value is -0.830. The van der Waals surface area contributed by atoms with Gasteiger partial charge in [0.05, 0.1) is 12.2 Å². The van der Waals surface area contributed by atoms with Gasteiger partial charge in [-0.15, -0.1) is 0 Å². The van der Waals surface area contributed by atoms with Crippen molar-refractivity contribution in [1.29, 1.82) is 0 Å². The highest BCUT2D eigenvalue weighted by atomic mass is 16.5. The largest absolute Gasteiger partial charge is 0.372 e. The Morgan fingerprint density at radius 2 is 1.88 bits per heavy atom. The fourth-order valence-corrected chi connectivity index (χ4v) is 3.66. The molecule has 0 spiro atoms. The molecule has 2 aliphatic carbocycles. The molecule has 5 atom stereocenters. The Balaban J connectivity index is 1.68. The molecule has 2 bridgehead atoms. The van der Waals surface area contributed by atoms with Crippen LogP contribution in [0.1, 0.15) is 26.7 Å². The molecule has 1 saturated heterocycles. The van der Waals surface area contributed by atoms with E-state index in [1.807, 2.05) is 4.90 Å². The molecule has 3 heteroatoms. The summed E-state index contributed by atoms with van der Waals surface area (Å²) in [5.41, 5.74) is 0. The predicted octanol–water partition coefficient (Wildman–Crippen LogP) is 1.83. The molecule has 0 radical (unpaired) electrons. The van der Waals surface area contributed by atoms with E-state index in [1.54, 1.807) is 0 Å². The van der Waals surface area contributed by atoms with Crippen molar-refractivity contribution >= 4 is 5.91 Å². The molecular formula is C14H21NO2. The van der Waals surface area contributed by atoms with Crippen molar-refractivity contribution in [2.75, 3.05) is 13.1 Å². The second-order valence-corrected chi connectivity index (χ2v) is 5.89. The third-order valence-corrected chi connectivity index (χ3v) is 4.33. The minimum Gasteiger partial charge on any atom is -0.372 e. The summed E-state index contributed by atoms with van der Waals surface area (Å²) < 4.78 is 5.68. The molecule has 3 nitrogen and oxygen atoms in total. The lowest BCUT2D eigenvalue weighted by molar-refractivity contribution is -0.148. The maximum absolute atomic E-state index is 12.5. The number of hydrogen-bond acceptors (Lipinski definition) is 2. The lowest BCUT2D eigenvalue weighted by Gasteiger charge is -2.37. The predicted molar refractivity (Wildman–Crippen MR) is 65.4 cm³/mol. The normalized spacial score (nSPS) is 44.4. The standard InChI is InChI=1S/C14H21NO2/c1-9-7-15(8-10(2)17-9)14(16)13-6-11-3-4-12(13)5-11/h3-4,9-13H,5-8H2,1-2H3. The van der Waals surface area contributed by atoms with Crippen molar-refractivity contribution in [2.24, 2.45) is 17.8 Å². The van der Waals surface area contributed by atoms with Gasteiger partial charge in [-0.3, -0.25) is 4.79 Å². The molecule has 2 fully saturated rings. The van der Waals surface area contributed by atoms with E-state index in [0.717, 1.165) is 19.5 Å². The zero-order valence-electron chi connectivity index (χ0n) is 10.6. The van der Waals surface area contributed by atoms with E-state index < -0.39 is 0 Å². The molecule has 1 heterocycles. The molecule has 1 amide bonds. The van der Waals surface area contributed by atoms with Gasteiger partial charge in [0.25, 0.3) is 0 Å². The number of allylic oxidation sites excluding steroid dienone is 2. The van der Waals surface area contributed by atoms with Crippen LogP contribution in [0.2, 0.25) is 0 Å². The monoisotopic (exact) mass is 235 g/mol. The molecule has 94 valence electrons. The number of hydrogen-bond donors (Lipinski definition) is 0. The fraction of sp³-hybridized carbons (Fsp3) is 0.786. The van der Waals surface area contributed by atoms with Gasteiger partial charge in [-0.1, -0.05) is 12.2 Å². The van der Waals surface area contributed by atoms with E-state index in [4.69, 9.17) is 4.74 Å². The summed E-state index contributed by atoms with van der Waals surface area (Å²) in [7, 11) is 0. The molecule has 5 unspecified atom stereocenters. The number of carbonyl (C=O) groups is 1. The Kier molecular flexibility index (Phi) is 2.74. The van der Waals surface area contributed by atoms with Gasteiger partial charge < -0.3 is 9.64 Å². The van der Waals surface area contributed by atoms with Crippen molar-refractivity contribution in [2.45, 2.75) is 38.9 Å². The fourth-order valence-electron chi connectivity index (χ4n) is 3.66.